The van der Waals surface area contributed by atoms with Gasteiger partial charge in [0, 0.05) is 26.1 Å². The third-order valence-electron chi connectivity index (χ3n) is 3.50. The van der Waals surface area contributed by atoms with E-state index in [-0.39, 0.29) is 5.91 Å². The number of carbonyl (C=O) groups excluding carboxylic acids is 1. The quantitative estimate of drug-likeness (QED) is 0.734. The van der Waals surface area contributed by atoms with Crippen molar-refractivity contribution in [1.29, 1.82) is 0 Å². The third-order valence-corrected chi connectivity index (χ3v) is 3.50. The van der Waals surface area contributed by atoms with E-state index in [2.05, 4.69) is 12.2 Å². The molecule has 17 heavy (non-hydrogen) atoms. The van der Waals surface area contributed by atoms with E-state index in [0.717, 1.165) is 19.4 Å². The number of likely N-dealkylation sites (tertiary alicyclic amines) is 1. The van der Waals surface area contributed by atoms with Crippen LogP contribution in [-0.2, 0) is 4.79 Å². The monoisotopic (exact) mass is 242 g/mol. The summed E-state index contributed by atoms with van der Waals surface area (Å²) >= 11 is 0. The molecule has 1 rings (SSSR count). The molecule has 0 aromatic heterocycles. The molecule has 1 heterocycles. The highest BCUT2D eigenvalue weighted by Crippen LogP contribution is 2.22. The lowest BCUT2D eigenvalue weighted by molar-refractivity contribution is -0.135. The van der Waals surface area contributed by atoms with E-state index in [9.17, 15) is 9.90 Å². The van der Waals surface area contributed by atoms with Gasteiger partial charge in [0.15, 0.2) is 0 Å². The van der Waals surface area contributed by atoms with Gasteiger partial charge in [-0.2, -0.15) is 0 Å². The Labute approximate surface area is 104 Å². The molecule has 1 saturated heterocycles. The van der Waals surface area contributed by atoms with Gasteiger partial charge < -0.3 is 15.3 Å². The van der Waals surface area contributed by atoms with Crippen LogP contribution in [0.3, 0.4) is 0 Å². The molecule has 100 valence electrons. The van der Waals surface area contributed by atoms with Crippen LogP contribution in [0.4, 0.5) is 0 Å². The van der Waals surface area contributed by atoms with Crippen molar-refractivity contribution in [2.24, 2.45) is 0 Å². The molecule has 1 aliphatic rings. The second kappa shape index (κ2) is 6.97. The summed E-state index contributed by atoms with van der Waals surface area (Å²) in [7, 11) is 0. The summed E-state index contributed by atoms with van der Waals surface area (Å²) in [6, 6.07) is 0. The number of rotatable bonds is 6. The summed E-state index contributed by atoms with van der Waals surface area (Å²) < 4.78 is 0. The van der Waals surface area contributed by atoms with Gasteiger partial charge in [0.2, 0.25) is 5.91 Å². The molecule has 0 bridgehead atoms. The first kappa shape index (κ1) is 14.5. The van der Waals surface area contributed by atoms with Crippen LogP contribution >= 0.6 is 0 Å². The van der Waals surface area contributed by atoms with Crippen LogP contribution in [0.25, 0.3) is 0 Å². The zero-order valence-corrected chi connectivity index (χ0v) is 11.2. The van der Waals surface area contributed by atoms with Crippen LogP contribution in [-0.4, -0.2) is 47.7 Å². The van der Waals surface area contributed by atoms with Gasteiger partial charge in [0.1, 0.15) is 0 Å². The van der Waals surface area contributed by atoms with Gasteiger partial charge in [-0.1, -0.05) is 20.3 Å². The number of likely N-dealkylation sites (N-methyl/N-ethyl adjacent to an activating group) is 1. The van der Waals surface area contributed by atoms with Crippen molar-refractivity contribution in [1.82, 2.24) is 10.2 Å². The first-order chi connectivity index (χ1) is 8.11. The third kappa shape index (κ3) is 4.64. The molecule has 1 aliphatic heterocycles. The Morgan fingerprint density at radius 1 is 1.35 bits per heavy atom. The Morgan fingerprint density at radius 2 is 2.00 bits per heavy atom. The molecule has 0 aromatic rings. The Kier molecular flexibility index (Phi) is 5.92. The van der Waals surface area contributed by atoms with Crippen LogP contribution in [0.15, 0.2) is 0 Å². The van der Waals surface area contributed by atoms with Crippen LogP contribution in [0, 0.1) is 0 Å². The fraction of sp³-hybridized carbons (Fsp3) is 0.923. The van der Waals surface area contributed by atoms with Gasteiger partial charge in [-0.05, 0) is 25.8 Å². The smallest absolute Gasteiger partial charge is 0.222 e. The van der Waals surface area contributed by atoms with Crippen molar-refractivity contribution in [2.45, 2.75) is 51.6 Å². The van der Waals surface area contributed by atoms with E-state index in [1.807, 2.05) is 11.8 Å². The summed E-state index contributed by atoms with van der Waals surface area (Å²) in [5.41, 5.74) is -0.614. The maximum Gasteiger partial charge on any atom is 0.222 e. The number of nitrogens with one attached hydrogen (secondary N) is 1. The Morgan fingerprint density at radius 3 is 2.53 bits per heavy atom. The molecule has 2 N–H and O–H groups in total. The van der Waals surface area contributed by atoms with Crippen molar-refractivity contribution in [2.75, 3.05) is 26.2 Å². The number of piperidine rings is 1. The molecular weight excluding hydrogens is 216 g/mol. The fourth-order valence-electron chi connectivity index (χ4n) is 2.19. The summed E-state index contributed by atoms with van der Waals surface area (Å²) in [4.78, 5) is 13.7. The van der Waals surface area contributed by atoms with Crippen LogP contribution < -0.4 is 5.32 Å². The lowest BCUT2D eigenvalue weighted by atomic mass is 9.91. The number of unbranched alkanes of at least 4 members (excludes halogenated alkanes) is 1. The second-order valence-corrected chi connectivity index (χ2v) is 4.99. The molecular formula is C13H26N2O2. The molecule has 0 saturated carbocycles. The van der Waals surface area contributed by atoms with Gasteiger partial charge >= 0.3 is 0 Å². The van der Waals surface area contributed by atoms with Gasteiger partial charge in [0.05, 0.1) is 5.60 Å². The fourth-order valence-corrected chi connectivity index (χ4v) is 2.19. The van der Waals surface area contributed by atoms with Gasteiger partial charge in [-0.15, -0.1) is 0 Å². The normalized spacial score (nSPS) is 19.4. The second-order valence-electron chi connectivity index (χ2n) is 4.99. The zero-order valence-electron chi connectivity index (χ0n) is 11.2. The zero-order chi connectivity index (χ0) is 12.7. The van der Waals surface area contributed by atoms with Crippen LogP contribution in [0.5, 0.6) is 0 Å². The van der Waals surface area contributed by atoms with E-state index in [1.165, 1.54) is 0 Å². The van der Waals surface area contributed by atoms with E-state index in [4.69, 9.17) is 0 Å². The summed E-state index contributed by atoms with van der Waals surface area (Å²) in [6.07, 6.45) is 4.07. The average Bonchev–Trinajstić information content (AvgIpc) is 2.34. The lowest BCUT2D eigenvalue weighted by Gasteiger charge is -2.38. The van der Waals surface area contributed by atoms with Crippen LogP contribution in [0.1, 0.15) is 46.0 Å². The number of hydrogen-bond donors (Lipinski definition) is 2. The van der Waals surface area contributed by atoms with E-state index >= 15 is 0 Å². The van der Waals surface area contributed by atoms with Crippen molar-refractivity contribution < 1.29 is 9.90 Å². The van der Waals surface area contributed by atoms with Gasteiger partial charge in [0.25, 0.3) is 0 Å². The van der Waals surface area contributed by atoms with Gasteiger partial charge in [-0.3, -0.25) is 4.79 Å². The largest absolute Gasteiger partial charge is 0.388 e. The summed E-state index contributed by atoms with van der Waals surface area (Å²) in [5, 5.41) is 13.5. The molecule has 0 aromatic carbocycles. The standard InChI is InChI=1S/C13H26N2O2/c1-3-5-6-12(16)15-9-7-13(17,8-10-15)11-14-4-2/h14,17H,3-11H2,1-2H3. The number of aliphatic hydroxyl groups is 1. The van der Waals surface area contributed by atoms with Crippen molar-refractivity contribution in [3.63, 3.8) is 0 Å². The minimum absolute atomic E-state index is 0.248. The first-order valence-corrected chi connectivity index (χ1v) is 6.82. The molecule has 0 radical (unpaired) electrons. The van der Waals surface area contributed by atoms with Crippen molar-refractivity contribution >= 4 is 5.91 Å². The van der Waals surface area contributed by atoms with Crippen LogP contribution in [0.2, 0.25) is 0 Å². The summed E-state index contributed by atoms with van der Waals surface area (Å²) in [5.74, 6) is 0.248. The molecule has 0 aliphatic carbocycles. The summed E-state index contributed by atoms with van der Waals surface area (Å²) in [6.45, 7) is 7.04. The number of amides is 1. The highest BCUT2D eigenvalue weighted by atomic mass is 16.3. The topological polar surface area (TPSA) is 52.6 Å². The first-order valence-electron chi connectivity index (χ1n) is 6.82. The van der Waals surface area contributed by atoms with Crippen molar-refractivity contribution in [3.05, 3.63) is 0 Å². The minimum Gasteiger partial charge on any atom is -0.388 e. The number of nitrogens with zero attached hydrogens (tertiary/aromatic N) is 1. The Hall–Kier alpha value is -0.610. The average molecular weight is 242 g/mol. The molecule has 0 atom stereocenters. The molecule has 1 amide bonds. The van der Waals surface area contributed by atoms with Crippen molar-refractivity contribution in [3.8, 4) is 0 Å². The highest BCUT2D eigenvalue weighted by Gasteiger charge is 2.32. The van der Waals surface area contributed by atoms with Gasteiger partial charge in [-0.25, -0.2) is 0 Å². The van der Waals surface area contributed by atoms with E-state index in [0.29, 0.717) is 38.9 Å². The SMILES string of the molecule is CCCCC(=O)N1CCC(O)(CNCC)CC1. The molecule has 0 unspecified atom stereocenters. The predicted octanol–water partition coefficient (Wildman–Crippen LogP) is 1.14. The van der Waals surface area contributed by atoms with E-state index in [1.54, 1.807) is 0 Å². The molecule has 4 heteroatoms. The number of hydrogen-bond acceptors (Lipinski definition) is 3. The molecule has 4 nitrogen and oxygen atoms in total. The lowest BCUT2D eigenvalue weighted by Crippen LogP contribution is -2.51. The maximum atomic E-state index is 11.8. The number of carbonyl (C=O) groups is 1. The molecule has 1 fully saturated rings. The van der Waals surface area contributed by atoms with E-state index < -0.39 is 5.60 Å². The minimum atomic E-state index is -0.614. The predicted molar refractivity (Wildman–Crippen MR) is 68.8 cm³/mol. The highest BCUT2D eigenvalue weighted by molar-refractivity contribution is 5.76. The maximum absolute atomic E-state index is 11.8. The Bertz CT molecular complexity index is 236. The molecule has 0 spiro atoms. The Balaban J connectivity index is 2.31.